The van der Waals surface area contributed by atoms with Gasteiger partial charge in [0.25, 0.3) is 0 Å². The van der Waals surface area contributed by atoms with Gasteiger partial charge in [-0.3, -0.25) is 4.79 Å². The Morgan fingerprint density at radius 3 is 2.79 bits per heavy atom. The fraction of sp³-hybridized carbons (Fsp3) is 0.640. The molecular weight excluding hydrogens is 348 g/mol. The Morgan fingerprint density at radius 2 is 2.07 bits per heavy atom. The van der Waals surface area contributed by atoms with Crippen molar-refractivity contribution in [2.45, 2.75) is 90.6 Å². The molecular formula is C25H38O3. The summed E-state index contributed by atoms with van der Waals surface area (Å²) in [4.78, 5) is 12.4. The first-order valence-corrected chi connectivity index (χ1v) is 10.9. The summed E-state index contributed by atoms with van der Waals surface area (Å²) in [5, 5.41) is 9.50. The number of rotatable bonds is 4. The Labute approximate surface area is 171 Å². The van der Waals surface area contributed by atoms with E-state index in [2.05, 4.69) is 51.1 Å². The molecule has 1 aromatic carbocycles. The van der Waals surface area contributed by atoms with E-state index in [4.69, 9.17) is 4.74 Å². The monoisotopic (exact) mass is 386 g/mol. The first-order valence-electron chi connectivity index (χ1n) is 10.9. The van der Waals surface area contributed by atoms with Gasteiger partial charge in [-0.2, -0.15) is 0 Å². The Balaban J connectivity index is 2.15. The Hall–Kier alpha value is -1.61. The lowest BCUT2D eigenvalue weighted by atomic mass is 9.79. The Kier molecular flexibility index (Phi) is 8.75. The van der Waals surface area contributed by atoms with Crippen LogP contribution in [0.25, 0.3) is 0 Å². The molecule has 2 bridgehead atoms. The zero-order chi connectivity index (χ0) is 20.6. The molecule has 2 atom stereocenters. The number of fused-ring (bicyclic) bond motifs is 2. The topological polar surface area (TPSA) is 46.5 Å². The number of hydrogen-bond acceptors (Lipinski definition) is 3. The van der Waals surface area contributed by atoms with Crippen molar-refractivity contribution in [3.8, 4) is 0 Å². The second-order valence-corrected chi connectivity index (χ2v) is 8.92. The number of carbonyl (C=O) groups is 1. The second kappa shape index (κ2) is 10.8. The van der Waals surface area contributed by atoms with Crippen LogP contribution in [0.3, 0.4) is 0 Å². The van der Waals surface area contributed by atoms with Crippen molar-refractivity contribution in [2.75, 3.05) is 6.61 Å². The summed E-state index contributed by atoms with van der Waals surface area (Å²) in [6.07, 6.45) is 9.09. The van der Waals surface area contributed by atoms with Gasteiger partial charge < -0.3 is 9.84 Å². The molecule has 0 aromatic heterocycles. The van der Waals surface area contributed by atoms with Crippen molar-refractivity contribution in [1.82, 2.24) is 0 Å². The molecule has 1 aromatic rings. The first-order chi connectivity index (χ1) is 13.4. The molecule has 1 aliphatic rings. The molecule has 1 heterocycles. The highest BCUT2D eigenvalue weighted by Gasteiger charge is 2.22. The number of esters is 1. The van der Waals surface area contributed by atoms with E-state index in [1.165, 1.54) is 11.1 Å². The van der Waals surface area contributed by atoms with E-state index in [0.29, 0.717) is 6.42 Å². The zero-order valence-corrected chi connectivity index (χ0v) is 18.2. The van der Waals surface area contributed by atoms with E-state index in [1.807, 2.05) is 6.92 Å². The second-order valence-electron chi connectivity index (χ2n) is 8.92. The summed E-state index contributed by atoms with van der Waals surface area (Å²) in [5.74, 6) is 0.0270. The third-order valence-electron chi connectivity index (χ3n) is 6.11. The summed E-state index contributed by atoms with van der Waals surface area (Å²) in [6.45, 7) is 8.90. The lowest BCUT2D eigenvalue weighted by molar-refractivity contribution is -0.147. The minimum absolute atomic E-state index is 0.108. The van der Waals surface area contributed by atoms with E-state index in [0.717, 1.165) is 50.5 Å². The maximum Gasteiger partial charge on any atom is 0.306 e. The molecule has 0 fully saturated rings. The molecule has 0 spiro atoms. The highest BCUT2D eigenvalue weighted by Crippen LogP contribution is 2.31. The van der Waals surface area contributed by atoms with Crippen molar-refractivity contribution < 1.29 is 14.6 Å². The van der Waals surface area contributed by atoms with Gasteiger partial charge >= 0.3 is 5.97 Å². The van der Waals surface area contributed by atoms with Crippen LogP contribution in [0, 0.1) is 5.92 Å². The molecule has 1 unspecified atom stereocenters. The normalized spacial score (nSPS) is 22.8. The fourth-order valence-electron chi connectivity index (χ4n) is 4.00. The number of carbonyl (C=O) groups excluding carboxylic acids is 1. The van der Waals surface area contributed by atoms with Gasteiger partial charge in [0, 0.05) is 18.9 Å². The number of hydrogen-bond donors (Lipinski definition) is 1. The molecule has 0 saturated heterocycles. The van der Waals surface area contributed by atoms with Crippen LogP contribution in [0.5, 0.6) is 0 Å². The molecule has 0 amide bonds. The SMILES string of the molecule is CCC(/C=C(/C)[C@@H]1CCCCC(C)(C)c2cccc(c2)CCCC(=O)O1)CO. The standard InChI is InChI=1S/C25H38O3/c1-5-20(18-26)16-19(2)23-13-6-7-15-25(3,4)22-12-8-10-21(17-22)11-9-14-24(27)28-23/h8,10,12,16-17,20,23,26H,5-7,9,11,13-15,18H2,1-4H3/b19-16-/t20?,23-/m0/s1. The van der Waals surface area contributed by atoms with Crippen molar-refractivity contribution in [3.05, 3.63) is 47.0 Å². The molecule has 0 saturated carbocycles. The van der Waals surface area contributed by atoms with Crippen LogP contribution >= 0.6 is 0 Å². The summed E-state index contributed by atoms with van der Waals surface area (Å²) in [5.41, 5.74) is 3.93. The first kappa shape index (κ1) is 22.7. The predicted molar refractivity (Wildman–Crippen MR) is 115 cm³/mol. The van der Waals surface area contributed by atoms with Crippen molar-refractivity contribution in [1.29, 1.82) is 0 Å². The van der Waals surface area contributed by atoms with Gasteiger partial charge in [-0.25, -0.2) is 0 Å². The highest BCUT2D eigenvalue weighted by atomic mass is 16.5. The summed E-state index contributed by atoms with van der Waals surface area (Å²) < 4.78 is 5.87. The van der Waals surface area contributed by atoms with E-state index in [-0.39, 0.29) is 30.0 Å². The van der Waals surface area contributed by atoms with Crippen LogP contribution in [0.4, 0.5) is 0 Å². The van der Waals surface area contributed by atoms with Crippen molar-refractivity contribution in [2.24, 2.45) is 5.92 Å². The van der Waals surface area contributed by atoms with Gasteiger partial charge in [0.1, 0.15) is 6.10 Å². The van der Waals surface area contributed by atoms with Gasteiger partial charge in [0.15, 0.2) is 0 Å². The lowest BCUT2D eigenvalue weighted by Gasteiger charge is -2.27. The molecule has 2 rings (SSSR count). The van der Waals surface area contributed by atoms with Gasteiger partial charge in [-0.05, 0) is 67.6 Å². The molecule has 156 valence electrons. The van der Waals surface area contributed by atoms with Gasteiger partial charge in [0.2, 0.25) is 0 Å². The number of aliphatic hydroxyl groups excluding tert-OH is 1. The maximum absolute atomic E-state index is 12.4. The number of benzene rings is 1. The molecule has 0 radical (unpaired) electrons. The lowest BCUT2D eigenvalue weighted by Crippen LogP contribution is -2.22. The fourth-order valence-corrected chi connectivity index (χ4v) is 4.00. The van der Waals surface area contributed by atoms with Crippen LogP contribution in [-0.4, -0.2) is 23.8 Å². The smallest absolute Gasteiger partial charge is 0.306 e. The Morgan fingerprint density at radius 1 is 1.29 bits per heavy atom. The zero-order valence-electron chi connectivity index (χ0n) is 18.2. The predicted octanol–water partition coefficient (Wildman–Crippen LogP) is 5.74. The third kappa shape index (κ3) is 6.77. The van der Waals surface area contributed by atoms with Crippen LogP contribution in [-0.2, 0) is 21.4 Å². The van der Waals surface area contributed by atoms with E-state index in [9.17, 15) is 9.90 Å². The van der Waals surface area contributed by atoms with Crippen LogP contribution in [0.2, 0.25) is 0 Å². The minimum atomic E-state index is -0.169. The Bertz CT molecular complexity index is 656. The number of ether oxygens (including phenoxy) is 1. The van der Waals surface area contributed by atoms with Crippen LogP contribution < -0.4 is 0 Å². The molecule has 28 heavy (non-hydrogen) atoms. The molecule has 1 aliphatic heterocycles. The van der Waals surface area contributed by atoms with Crippen LogP contribution in [0.1, 0.15) is 83.8 Å². The number of aliphatic hydroxyl groups is 1. The van der Waals surface area contributed by atoms with E-state index >= 15 is 0 Å². The molecule has 0 aliphatic carbocycles. The quantitative estimate of drug-likeness (QED) is 0.530. The van der Waals surface area contributed by atoms with Gasteiger partial charge in [-0.1, -0.05) is 57.5 Å². The highest BCUT2D eigenvalue weighted by molar-refractivity contribution is 5.69. The average molecular weight is 387 g/mol. The third-order valence-corrected chi connectivity index (χ3v) is 6.11. The maximum atomic E-state index is 12.4. The summed E-state index contributed by atoms with van der Waals surface area (Å²) in [6, 6.07) is 8.85. The number of aryl methyl sites for hydroxylation is 1. The van der Waals surface area contributed by atoms with Crippen LogP contribution in [0.15, 0.2) is 35.9 Å². The van der Waals surface area contributed by atoms with E-state index < -0.39 is 0 Å². The molecule has 3 heteroatoms. The van der Waals surface area contributed by atoms with Gasteiger partial charge in [0.05, 0.1) is 0 Å². The summed E-state index contributed by atoms with van der Waals surface area (Å²) >= 11 is 0. The largest absolute Gasteiger partial charge is 0.458 e. The van der Waals surface area contributed by atoms with Crippen molar-refractivity contribution in [3.63, 3.8) is 0 Å². The van der Waals surface area contributed by atoms with E-state index in [1.54, 1.807) is 0 Å². The summed E-state index contributed by atoms with van der Waals surface area (Å²) in [7, 11) is 0. The number of cyclic esters (lactones) is 1. The van der Waals surface area contributed by atoms with Gasteiger partial charge in [-0.15, -0.1) is 0 Å². The average Bonchev–Trinajstić information content (AvgIpc) is 2.67. The minimum Gasteiger partial charge on any atom is -0.458 e. The molecule has 1 N–H and O–H groups in total. The molecule has 3 nitrogen and oxygen atoms in total. The van der Waals surface area contributed by atoms with Crippen molar-refractivity contribution >= 4 is 5.97 Å².